The molecule has 0 unspecified atom stereocenters. The van der Waals surface area contributed by atoms with Gasteiger partial charge in [-0.1, -0.05) is 19.3 Å². The van der Waals surface area contributed by atoms with Crippen molar-refractivity contribution in [3.05, 3.63) is 35.3 Å². The van der Waals surface area contributed by atoms with Crippen LogP contribution in [0.1, 0.15) is 42.5 Å². The third-order valence-electron chi connectivity index (χ3n) is 4.48. The van der Waals surface area contributed by atoms with Crippen molar-refractivity contribution < 1.29 is 28.6 Å². The number of amides is 4. The predicted octanol–water partition coefficient (Wildman–Crippen LogP) is -0.237. The number of nitrogens with zero attached hydrogens (tertiary/aromatic N) is 2. The zero-order chi connectivity index (χ0) is 18.7. The molecule has 2 heterocycles. The maximum absolute atomic E-state index is 12.5. The first-order chi connectivity index (χ1) is 12.4. The van der Waals surface area contributed by atoms with E-state index in [1.165, 1.54) is 12.1 Å². The molecule has 10 heteroatoms. The summed E-state index contributed by atoms with van der Waals surface area (Å²) >= 11 is 0. The third-order valence-corrected chi connectivity index (χ3v) is 4.48. The summed E-state index contributed by atoms with van der Waals surface area (Å²) in [6.07, 6.45) is 5.96. The molecule has 26 heavy (non-hydrogen) atoms. The molecule has 1 aromatic rings. The van der Waals surface area contributed by atoms with Gasteiger partial charge in [0.05, 0.1) is 5.56 Å². The number of hydrazine groups is 1. The minimum atomic E-state index is -0.947. The molecule has 10 nitrogen and oxygen atoms in total. The van der Waals surface area contributed by atoms with Crippen molar-refractivity contribution in [2.24, 2.45) is 0 Å². The van der Waals surface area contributed by atoms with Gasteiger partial charge in [0.1, 0.15) is 5.54 Å². The van der Waals surface area contributed by atoms with E-state index in [2.05, 4.69) is 10.7 Å². The molecule has 1 saturated heterocycles. The third kappa shape index (κ3) is 3.44. The normalized spacial score (nSPS) is 18.5. The average Bonchev–Trinajstić information content (AvgIpc) is 2.85. The highest BCUT2D eigenvalue weighted by atomic mass is 16.5. The van der Waals surface area contributed by atoms with Gasteiger partial charge in [-0.3, -0.25) is 15.0 Å². The molecule has 2 N–H and O–H groups in total. The predicted molar refractivity (Wildman–Crippen MR) is 85.0 cm³/mol. The van der Waals surface area contributed by atoms with Crippen LogP contribution in [0.2, 0.25) is 0 Å². The van der Waals surface area contributed by atoms with Crippen molar-refractivity contribution in [2.75, 3.05) is 6.61 Å². The zero-order valence-corrected chi connectivity index (χ0v) is 13.9. The molecule has 2 aliphatic rings. The lowest BCUT2D eigenvalue weighted by atomic mass is 9.82. The van der Waals surface area contributed by atoms with Crippen LogP contribution in [0, 0.1) is 5.21 Å². The van der Waals surface area contributed by atoms with Crippen molar-refractivity contribution in [1.29, 1.82) is 0 Å². The van der Waals surface area contributed by atoms with Crippen molar-refractivity contribution >= 4 is 23.8 Å². The Morgan fingerprint density at radius 3 is 2.54 bits per heavy atom. The number of imide groups is 1. The van der Waals surface area contributed by atoms with Gasteiger partial charge in [0.25, 0.3) is 11.8 Å². The Kier molecular flexibility index (Phi) is 4.74. The highest BCUT2D eigenvalue weighted by molar-refractivity contribution is 6.08. The van der Waals surface area contributed by atoms with Gasteiger partial charge in [0.15, 0.2) is 19.0 Å². The van der Waals surface area contributed by atoms with Crippen LogP contribution in [-0.4, -0.2) is 41.0 Å². The van der Waals surface area contributed by atoms with Crippen LogP contribution in [0.3, 0.4) is 0 Å². The van der Waals surface area contributed by atoms with Gasteiger partial charge in [-0.2, -0.15) is 9.74 Å². The molecule has 2 fully saturated rings. The second-order valence-electron chi connectivity index (χ2n) is 6.27. The molecule has 3 rings (SSSR count). The van der Waals surface area contributed by atoms with Gasteiger partial charge < -0.3 is 15.3 Å². The minimum Gasteiger partial charge on any atom is -0.619 e. The Morgan fingerprint density at radius 1 is 1.23 bits per heavy atom. The van der Waals surface area contributed by atoms with Gasteiger partial charge >= 0.3 is 12.0 Å². The number of ether oxygens (including phenoxy) is 1. The number of pyridine rings is 1. The summed E-state index contributed by atoms with van der Waals surface area (Å²) in [5.41, 5.74) is 1.32. The topological polar surface area (TPSA) is 132 Å². The molecule has 1 saturated carbocycles. The van der Waals surface area contributed by atoms with Crippen LogP contribution in [0.15, 0.2) is 24.5 Å². The lowest BCUT2D eigenvalue weighted by Gasteiger charge is -2.30. The molecule has 138 valence electrons. The SMILES string of the molecule is O=C(COC(=O)c1cc[n+]([O-])cc1)NN1C(=O)NC2(CCCCC2)C1=O. The zero-order valence-electron chi connectivity index (χ0n) is 13.9. The Labute approximate surface area is 148 Å². The number of urea groups is 1. The van der Waals surface area contributed by atoms with Crippen molar-refractivity contribution in [3.63, 3.8) is 0 Å². The van der Waals surface area contributed by atoms with E-state index in [1.54, 1.807) is 0 Å². The molecule has 0 atom stereocenters. The van der Waals surface area contributed by atoms with Crippen molar-refractivity contribution in [2.45, 2.75) is 37.6 Å². The fraction of sp³-hybridized carbons (Fsp3) is 0.438. The number of esters is 1. The standard InChI is InChI=1S/C16H18N4O6/c21-12(10-26-13(22)11-4-8-19(25)9-5-11)18-20-14(23)16(17-15(20)24)6-2-1-3-7-16/h4-5,8-9H,1-3,6-7,10H2,(H,17,24)(H,18,21). The first-order valence-electron chi connectivity index (χ1n) is 8.23. The Bertz CT molecular complexity index is 742. The van der Waals surface area contributed by atoms with Crippen LogP contribution in [0.25, 0.3) is 0 Å². The molecule has 4 amide bonds. The second-order valence-corrected chi connectivity index (χ2v) is 6.27. The van der Waals surface area contributed by atoms with E-state index in [9.17, 15) is 24.4 Å². The van der Waals surface area contributed by atoms with Gasteiger partial charge in [0, 0.05) is 12.1 Å². The number of rotatable bonds is 4. The molecular weight excluding hydrogens is 344 g/mol. The van der Waals surface area contributed by atoms with Gasteiger partial charge in [0.2, 0.25) is 0 Å². The highest BCUT2D eigenvalue weighted by Crippen LogP contribution is 2.32. The summed E-state index contributed by atoms with van der Waals surface area (Å²) in [6.45, 7) is -0.671. The van der Waals surface area contributed by atoms with E-state index < -0.39 is 36.0 Å². The van der Waals surface area contributed by atoms with Crippen LogP contribution in [0.4, 0.5) is 4.79 Å². The maximum Gasteiger partial charge on any atom is 0.344 e. The smallest absolute Gasteiger partial charge is 0.344 e. The van der Waals surface area contributed by atoms with E-state index in [4.69, 9.17) is 4.74 Å². The summed E-state index contributed by atoms with van der Waals surface area (Å²) in [7, 11) is 0. The monoisotopic (exact) mass is 362 g/mol. The molecule has 1 aliphatic carbocycles. The minimum absolute atomic E-state index is 0.0982. The van der Waals surface area contributed by atoms with Crippen LogP contribution in [-0.2, 0) is 14.3 Å². The quantitative estimate of drug-likeness (QED) is 0.329. The van der Waals surface area contributed by atoms with Crippen LogP contribution < -0.4 is 15.5 Å². The Hall–Kier alpha value is -3.17. The largest absolute Gasteiger partial charge is 0.619 e. The lowest BCUT2D eigenvalue weighted by molar-refractivity contribution is -0.605. The highest BCUT2D eigenvalue weighted by Gasteiger charge is 2.52. The van der Waals surface area contributed by atoms with E-state index >= 15 is 0 Å². The number of hydrogen-bond donors (Lipinski definition) is 2. The Balaban J connectivity index is 1.54. The lowest BCUT2D eigenvalue weighted by Crippen LogP contribution is -2.51. The molecule has 1 spiro atoms. The van der Waals surface area contributed by atoms with Gasteiger partial charge in [-0.05, 0) is 12.8 Å². The van der Waals surface area contributed by atoms with Crippen molar-refractivity contribution in [1.82, 2.24) is 15.8 Å². The average molecular weight is 362 g/mol. The summed E-state index contributed by atoms with van der Waals surface area (Å²) in [5.74, 6) is -2.11. The van der Waals surface area contributed by atoms with Gasteiger partial charge in [-0.25, -0.2) is 9.59 Å². The number of aromatic nitrogens is 1. The summed E-state index contributed by atoms with van der Waals surface area (Å²) in [6, 6.07) is 1.80. The first-order valence-corrected chi connectivity index (χ1v) is 8.23. The number of nitrogens with one attached hydrogen (secondary N) is 2. The number of carbonyl (C=O) groups is 4. The molecule has 0 bridgehead atoms. The molecule has 1 aliphatic heterocycles. The molecule has 1 aromatic heterocycles. The van der Waals surface area contributed by atoms with Crippen LogP contribution >= 0.6 is 0 Å². The number of carbonyl (C=O) groups excluding carboxylic acids is 4. The first kappa shape index (κ1) is 17.6. The van der Waals surface area contributed by atoms with Gasteiger partial charge in [-0.15, -0.1) is 0 Å². The summed E-state index contributed by atoms with van der Waals surface area (Å²) < 4.78 is 5.32. The van der Waals surface area contributed by atoms with E-state index in [1.807, 2.05) is 0 Å². The molecule has 0 radical (unpaired) electrons. The number of hydrogen-bond acceptors (Lipinski definition) is 6. The molecule has 0 aromatic carbocycles. The fourth-order valence-electron chi connectivity index (χ4n) is 3.14. The van der Waals surface area contributed by atoms with E-state index in [0.29, 0.717) is 22.6 Å². The van der Waals surface area contributed by atoms with Crippen molar-refractivity contribution in [3.8, 4) is 0 Å². The fourth-order valence-corrected chi connectivity index (χ4v) is 3.14. The van der Waals surface area contributed by atoms with E-state index in [0.717, 1.165) is 31.7 Å². The Morgan fingerprint density at radius 2 is 1.88 bits per heavy atom. The summed E-state index contributed by atoms with van der Waals surface area (Å²) in [5, 5.41) is 14.2. The second kappa shape index (κ2) is 6.98. The summed E-state index contributed by atoms with van der Waals surface area (Å²) in [4.78, 5) is 48.3. The van der Waals surface area contributed by atoms with Crippen LogP contribution in [0.5, 0.6) is 0 Å². The maximum atomic E-state index is 12.5. The molecular formula is C16H18N4O6. The van der Waals surface area contributed by atoms with E-state index in [-0.39, 0.29) is 5.56 Å².